The van der Waals surface area contributed by atoms with Crippen LogP contribution in [0.1, 0.15) is 33.6 Å². The second-order valence-corrected chi connectivity index (χ2v) is 11.8. The Bertz CT molecular complexity index is 1490. The Morgan fingerprint density at radius 1 is 0.792 bits per heavy atom. The van der Waals surface area contributed by atoms with Crippen LogP contribution in [-0.4, -0.2) is 134 Å². The third kappa shape index (κ3) is 18.4. The van der Waals surface area contributed by atoms with Crippen LogP contribution in [0.15, 0.2) is 36.4 Å². The van der Waals surface area contributed by atoms with Crippen molar-refractivity contribution in [1.29, 1.82) is 0 Å². The molecule has 0 unspecified atom stereocenters. The van der Waals surface area contributed by atoms with Crippen LogP contribution in [0.5, 0.6) is 11.5 Å². The summed E-state index contributed by atoms with van der Waals surface area (Å²) in [7, 11) is 0. The molecule has 296 valence electrons. The van der Waals surface area contributed by atoms with Crippen molar-refractivity contribution in [3.8, 4) is 11.5 Å². The molecule has 0 spiro atoms. The number of halogens is 2. The molecule has 0 saturated carbocycles. The van der Waals surface area contributed by atoms with Crippen molar-refractivity contribution in [2.24, 2.45) is 22.9 Å². The smallest absolute Gasteiger partial charge is 0.292 e. The van der Waals surface area contributed by atoms with Crippen molar-refractivity contribution in [3.63, 3.8) is 0 Å². The highest BCUT2D eigenvalue weighted by Crippen LogP contribution is 2.36. The minimum atomic E-state index is -0.875. The maximum absolute atomic E-state index is 11.3. The van der Waals surface area contributed by atoms with Crippen LogP contribution in [0.3, 0.4) is 0 Å². The Hall–Kier alpha value is -4.18. The summed E-state index contributed by atoms with van der Waals surface area (Å²) in [4.78, 5) is 46.4. The molecular formula is C32H48Cl2N8O11. The summed E-state index contributed by atoms with van der Waals surface area (Å²) in [6.45, 7) is 10.6. The summed E-state index contributed by atoms with van der Waals surface area (Å²) >= 11 is 11.4. The maximum Gasteiger partial charge on any atom is 0.292 e. The van der Waals surface area contributed by atoms with Gasteiger partial charge in [-0.25, -0.2) is 0 Å². The lowest BCUT2D eigenvalue weighted by molar-refractivity contribution is -0.384. The fraction of sp³-hybridized carbons (Fsp3) is 0.500. The van der Waals surface area contributed by atoms with Gasteiger partial charge in [-0.05, 0) is 25.0 Å². The Morgan fingerprint density at radius 3 is 1.64 bits per heavy atom. The largest absolute Gasteiger partial charge is 0.506 e. The number of amides is 2. The van der Waals surface area contributed by atoms with Gasteiger partial charge in [0, 0.05) is 82.2 Å². The molecule has 19 nitrogen and oxygen atoms in total. The summed E-state index contributed by atoms with van der Waals surface area (Å²) in [6, 6.07) is 4.25. The number of phenolic OH excluding ortho intramolecular Hbond substituents is 1. The van der Waals surface area contributed by atoms with Crippen LogP contribution >= 0.6 is 23.2 Å². The van der Waals surface area contributed by atoms with E-state index in [1.165, 1.54) is 6.07 Å². The van der Waals surface area contributed by atoms with Crippen LogP contribution in [-0.2, 0) is 9.47 Å². The predicted molar refractivity (Wildman–Crippen MR) is 198 cm³/mol. The SMILES string of the molecule is NC(=O)c1cc(O)c(Cl)c([N+](=O)[O-])c1.NC(=O)c1cc(OCCCN2CCOCC2)c(Cl)c([N+](=O)[O-])c1.NC/C=C/CN.OCCCN1CCOCC1. The Kier molecular flexibility index (Phi) is 23.5. The van der Waals surface area contributed by atoms with Gasteiger partial charge >= 0.3 is 0 Å². The van der Waals surface area contributed by atoms with Gasteiger partial charge in [0.05, 0.1) is 42.9 Å². The Morgan fingerprint density at radius 2 is 1.23 bits per heavy atom. The van der Waals surface area contributed by atoms with E-state index in [-0.39, 0.29) is 21.9 Å². The number of nitro benzene ring substituents is 2. The van der Waals surface area contributed by atoms with Gasteiger partial charge in [0.25, 0.3) is 11.4 Å². The number of carbonyl (C=O) groups excluding carboxylic acids is 2. The molecule has 0 aliphatic carbocycles. The van der Waals surface area contributed by atoms with Crippen LogP contribution in [0, 0.1) is 20.2 Å². The van der Waals surface area contributed by atoms with E-state index in [0.717, 1.165) is 96.7 Å². The number of benzene rings is 2. The number of nitrogens with zero attached hydrogens (tertiary/aromatic N) is 4. The van der Waals surface area contributed by atoms with Gasteiger partial charge in [0.1, 0.15) is 11.5 Å². The monoisotopic (exact) mass is 790 g/mol. The van der Waals surface area contributed by atoms with Gasteiger partial charge in [-0.3, -0.25) is 39.6 Å². The third-order valence-electron chi connectivity index (χ3n) is 7.17. The summed E-state index contributed by atoms with van der Waals surface area (Å²) in [5.74, 6) is -2.10. The van der Waals surface area contributed by atoms with Gasteiger partial charge < -0.3 is 47.4 Å². The van der Waals surface area contributed by atoms with Crippen molar-refractivity contribution in [2.45, 2.75) is 12.8 Å². The van der Waals surface area contributed by atoms with E-state index in [1.54, 1.807) is 0 Å². The molecule has 0 radical (unpaired) electrons. The van der Waals surface area contributed by atoms with Crippen LogP contribution < -0.4 is 27.7 Å². The molecule has 53 heavy (non-hydrogen) atoms. The van der Waals surface area contributed by atoms with Gasteiger partial charge in [-0.15, -0.1) is 0 Å². The van der Waals surface area contributed by atoms with Crippen LogP contribution in [0.4, 0.5) is 11.4 Å². The third-order valence-corrected chi connectivity index (χ3v) is 7.94. The lowest BCUT2D eigenvalue weighted by Crippen LogP contribution is -2.37. The quantitative estimate of drug-likeness (QED) is 0.0686. The van der Waals surface area contributed by atoms with Crippen LogP contribution in [0.25, 0.3) is 0 Å². The molecule has 0 atom stereocenters. The maximum atomic E-state index is 11.3. The second-order valence-electron chi connectivity index (χ2n) is 11.0. The number of hydrogen-bond donors (Lipinski definition) is 6. The first-order valence-electron chi connectivity index (χ1n) is 16.4. The zero-order valence-electron chi connectivity index (χ0n) is 29.2. The van der Waals surface area contributed by atoms with Crippen molar-refractivity contribution in [3.05, 3.63) is 77.8 Å². The summed E-state index contributed by atoms with van der Waals surface area (Å²) in [6.07, 6.45) is 5.28. The first-order valence-corrected chi connectivity index (χ1v) is 17.2. The van der Waals surface area contributed by atoms with Gasteiger partial charge in [-0.1, -0.05) is 35.4 Å². The van der Waals surface area contributed by atoms with E-state index in [9.17, 15) is 29.8 Å². The molecule has 10 N–H and O–H groups in total. The first kappa shape index (κ1) is 46.8. The van der Waals surface area contributed by atoms with E-state index >= 15 is 0 Å². The number of nitrogens with two attached hydrogens (primary N) is 4. The lowest BCUT2D eigenvalue weighted by Gasteiger charge is -2.26. The normalized spacial score (nSPS) is 14.4. The molecule has 2 aliphatic heterocycles. The predicted octanol–water partition coefficient (Wildman–Crippen LogP) is 1.66. The molecular weight excluding hydrogens is 743 g/mol. The number of rotatable bonds is 14. The molecule has 0 bridgehead atoms. The van der Waals surface area contributed by atoms with E-state index in [2.05, 4.69) is 9.80 Å². The molecule has 2 aliphatic rings. The van der Waals surface area contributed by atoms with Crippen molar-refractivity contribution in [2.75, 3.05) is 92.0 Å². The topological polar surface area (TPSA) is 299 Å². The standard InChI is InChI=1S/C14H18ClN3O5.C7H5ClN2O4.C7H15NO2.C4H10N2/c15-13-11(18(20)21)8-10(14(16)19)9-12(13)23-5-1-2-17-3-6-22-7-4-17;8-6-4(10(13)14)1-3(7(9)12)2-5(6)11;9-5-1-2-8-3-6-10-7-4-8;5-3-1-2-4-6/h8-9H,1-7H2,(H2,16,19);1-2,11H,(H2,9,12);9H,1-7H2;1-2H,3-6H2/b;;;2-1+. The van der Waals surface area contributed by atoms with Crippen molar-refractivity contribution < 1.29 is 43.9 Å². The number of aliphatic hydroxyl groups excluding tert-OH is 1. The fourth-order valence-electron chi connectivity index (χ4n) is 4.44. The van der Waals surface area contributed by atoms with E-state index in [4.69, 9.17) is 70.6 Å². The molecule has 2 heterocycles. The molecule has 21 heteroatoms. The molecule has 2 aromatic rings. The summed E-state index contributed by atoms with van der Waals surface area (Å²) < 4.78 is 15.9. The first-order chi connectivity index (χ1) is 25.3. The molecule has 2 fully saturated rings. The molecule has 2 saturated heterocycles. The summed E-state index contributed by atoms with van der Waals surface area (Å²) in [5.41, 5.74) is 19.1. The molecule has 0 aromatic heterocycles. The number of primary amides is 2. The molecule has 2 aromatic carbocycles. The number of morpholine rings is 2. The second kappa shape index (κ2) is 26.6. The average Bonchev–Trinajstić information content (AvgIpc) is 3.14. The minimum Gasteiger partial charge on any atom is -0.506 e. The Labute approximate surface area is 316 Å². The van der Waals surface area contributed by atoms with E-state index < -0.39 is 43.8 Å². The van der Waals surface area contributed by atoms with Gasteiger partial charge in [-0.2, -0.15) is 0 Å². The number of phenols is 1. The van der Waals surface area contributed by atoms with Gasteiger partial charge in [0.2, 0.25) is 11.8 Å². The van der Waals surface area contributed by atoms with E-state index in [1.807, 2.05) is 12.2 Å². The molecule has 4 rings (SSSR count). The highest BCUT2D eigenvalue weighted by Gasteiger charge is 2.22. The van der Waals surface area contributed by atoms with E-state index in [0.29, 0.717) is 26.3 Å². The zero-order valence-corrected chi connectivity index (χ0v) is 30.7. The van der Waals surface area contributed by atoms with Crippen LogP contribution in [0.2, 0.25) is 10.0 Å². The average molecular weight is 792 g/mol. The number of aromatic hydroxyl groups is 1. The lowest BCUT2D eigenvalue weighted by atomic mass is 10.2. The Balaban J connectivity index is 0.000000397. The number of carbonyl (C=O) groups is 2. The minimum absolute atomic E-state index is 0.00993. The molecule has 2 amide bonds. The zero-order chi connectivity index (χ0) is 39.8. The number of hydrogen-bond acceptors (Lipinski definition) is 15. The highest BCUT2D eigenvalue weighted by molar-refractivity contribution is 6.34. The number of nitro groups is 2. The summed E-state index contributed by atoms with van der Waals surface area (Å²) in [5, 5.41) is 38.5. The van der Waals surface area contributed by atoms with Crippen molar-refractivity contribution >= 4 is 46.4 Å². The number of ether oxygens (including phenoxy) is 3. The highest BCUT2D eigenvalue weighted by atomic mass is 35.5. The fourth-order valence-corrected chi connectivity index (χ4v) is 4.85. The van der Waals surface area contributed by atoms with Gasteiger partial charge in [0.15, 0.2) is 10.0 Å². The number of aliphatic hydroxyl groups is 1. The van der Waals surface area contributed by atoms with Crippen molar-refractivity contribution in [1.82, 2.24) is 9.80 Å².